The Balaban J connectivity index is 1.35. The number of carbonyl (C=O) groups is 2. The van der Waals surface area contributed by atoms with Gasteiger partial charge in [-0.25, -0.2) is 4.98 Å². The van der Waals surface area contributed by atoms with Crippen molar-refractivity contribution in [3.63, 3.8) is 0 Å². The zero-order valence-electron chi connectivity index (χ0n) is 20.0. The van der Waals surface area contributed by atoms with Gasteiger partial charge in [-0.2, -0.15) is 0 Å². The van der Waals surface area contributed by atoms with Crippen LogP contribution in [0, 0.1) is 0 Å². The van der Waals surface area contributed by atoms with E-state index in [0.717, 1.165) is 70.4 Å². The highest BCUT2D eigenvalue weighted by molar-refractivity contribution is 6.14. The Bertz CT molecular complexity index is 1510. The lowest BCUT2D eigenvalue weighted by Gasteiger charge is -2.17. The number of anilines is 1. The number of carbonyl (C=O) groups excluding carboxylic acids is 2. The number of nitrogens with one attached hydrogen (secondary N) is 1. The van der Waals surface area contributed by atoms with Crippen LogP contribution in [0.5, 0.6) is 0 Å². The van der Waals surface area contributed by atoms with Crippen molar-refractivity contribution in [1.82, 2.24) is 9.88 Å². The zero-order chi connectivity index (χ0) is 24.5. The van der Waals surface area contributed by atoms with Crippen LogP contribution < -0.4 is 5.32 Å². The van der Waals surface area contributed by atoms with E-state index in [2.05, 4.69) is 23.5 Å². The molecule has 1 aromatic heterocycles. The topological polar surface area (TPSA) is 62.3 Å². The van der Waals surface area contributed by atoms with E-state index in [0.29, 0.717) is 18.5 Å². The summed E-state index contributed by atoms with van der Waals surface area (Å²) in [5.41, 5.74) is 7.49. The number of hydrogen-bond acceptors (Lipinski definition) is 3. The van der Waals surface area contributed by atoms with E-state index in [4.69, 9.17) is 4.98 Å². The number of benzene rings is 3. The standard InChI is InChI=1S/C31H27N3O2/c35-28-14-7-17-34(28)20-22-10-6-11-24(19-22)32-31(36)29-25-12-4-5-13-27(25)33-30-23(15-16-26(29)30)18-21-8-2-1-3-9-21/h1-6,8-13,18-19H,7,14-17,20H2,(H,32,36)/b23-18+. The highest BCUT2D eigenvalue weighted by Crippen LogP contribution is 2.37. The molecule has 1 aliphatic heterocycles. The molecule has 6 rings (SSSR count). The molecule has 1 N–H and O–H groups in total. The molecule has 4 aromatic rings. The predicted octanol–water partition coefficient (Wildman–Crippen LogP) is 6.10. The Hall–Kier alpha value is -4.25. The van der Waals surface area contributed by atoms with Crippen LogP contribution in [0.25, 0.3) is 22.6 Å². The van der Waals surface area contributed by atoms with E-state index >= 15 is 0 Å². The Morgan fingerprint density at radius 3 is 2.61 bits per heavy atom. The van der Waals surface area contributed by atoms with Crippen LogP contribution in [0.2, 0.25) is 0 Å². The van der Waals surface area contributed by atoms with Gasteiger partial charge in [-0.05, 0) is 65.8 Å². The van der Waals surface area contributed by atoms with Crippen LogP contribution in [0.4, 0.5) is 5.69 Å². The van der Waals surface area contributed by atoms with Crippen LogP contribution in [-0.4, -0.2) is 28.2 Å². The Morgan fingerprint density at radius 1 is 0.944 bits per heavy atom. The summed E-state index contributed by atoms with van der Waals surface area (Å²) in [7, 11) is 0. The Kier molecular flexibility index (Phi) is 5.82. The monoisotopic (exact) mass is 473 g/mol. The maximum atomic E-state index is 13.7. The molecule has 1 saturated heterocycles. The largest absolute Gasteiger partial charge is 0.338 e. The third-order valence-corrected chi connectivity index (χ3v) is 7.04. The molecule has 0 unspecified atom stereocenters. The number of likely N-dealkylation sites (tertiary alicyclic amines) is 1. The molecule has 0 bridgehead atoms. The maximum Gasteiger partial charge on any atom is 0.256 e. The molecule has 178 valence electrons. The molecule has 1 aliphatic carbocycles. The molecule has 5 heteroatoms. The molecule has 1 fully saturated rings. The second-order valence-electron chi connectivity index (χ2n) is 9.48. The van der Waals surface area contributed by atoms with Gasteiger partial charge in [0.15, 0.2) is 0 Å². The molecule has 0 radical (unpaired) electrons. The number of allylic oxidation sites excluding steroid dienone is 1. The first kappa shape index (κ1) is 22.2. The molecule has 2 heterocycles. The van der Waals surface area contributed by atoms with E-state index in [1.165, 1.54) is 0 Å². The second kappa shape index (κ2) is 9.42. The molecule has 36 heavy (non-hydrogen) atoms. The van der Waals surface area contributed by atoms with Crippen LogP contribution in [0.1, 0.15) is 52.0 Å². The summed E-state index contributed by atoms with van der Waals surface area (Å²) < 4.78 is 0. The lowest BCUT2D eigenvalue weighted by atomic mass is 9.99. The first-order chi connectivity index (χ1) is 17.7. The first-order valence-electron chi connectivity index (χ1n) is 12.5. The summed E-state index contributed by atoms with van der Waals surface area (Å²) >= 11 is 0. The average molecular weight is 474 g/mol. The van der Waals surface area contributed by atoms with Gasteiger partial charge in [0.05, 0.1) is 16.8 Å². The number of amides is 2. The number of para-hydroxylation sites is 1. The zero-order valence-corrected chi connectivity index (χ0v) is 20.0. The summed E-state index contributed by atoms with van der Waals surface area (Å²) in [5, 5.41) is 4.00. The van der Waals surface area contributed by atoms with Gasteiger partial charge in [-0.3, -0.25) is 9.59 Å². The van der Waals surface area contributed by atoms with Gasteiger partial charge in [-0.15, -0.1) is 0 Å². The number of aromatic nitrogens is 1. The fourth-order valence-electron chi connectivity index (χ4n) is 5.32. The number of hydrogen-bond donors (Lipinski definition) is 1. The molecule has 2 amide bonds. The van der Waals surface area contributed by atoms with Crippen molar-refractivity contribution in [2.24, 2.45) is 0 Å². The third kappa shape index (κ3) is 4.29. The number of nitrogens with zero attached hydrogens (tertiary/aromatic N) is 2. The van der Waals surface area contributed by atoms with Crippen molar-refractivity contribution in [3.8, 4) is 0 Å². The van der Waals surface area contributed by atoms with Gasteiger partial charge in [0.2, 0.25) is 5.91 Å². The minimum atomic E-state index is -0.125. The predicted molar refractivity (Wildman–Crippen MR) is 143 cm³/mol. The number of fused-ring (bicyclic) bond motifs is 2. The molecule has 5 nitrogen and oxygen atoms in total. The third-order valence-electron chi connectivity index (χ3n) is 7.04. The van der Waals surface area contributed by atoms with Crippen LogP contribution >= 0.6 is 0 Å². The van der Waals surface area contributed by atoms with Crippen molar-refractivity contribution < 1.29 is 9.59 Å². The highest BCUT2D eigenvalue weighted by Gasteiger charge is 2.27. The van der Waals surface area contributed by atoms with E-state index in [-0.39, 0.29) is 11.8 Å². The molecule has 2 aliphatic rings. The second-order valence-corrected chi connectivity index (χ2v) is 9.48. The molecule has 0 atom stereocenters. The normalized spacial score (nSPS) is 16.1. The van der Waals surface area contributed by atoms with Gasteiger partial charge < -0.3 is 10.2 Å². The molecule has 3 aromatic carbocycles. The van der Waals surface area contributed by atoms with E-state index in [1.807, 2.05) is 71.6 Å². The lowest BCUT2D eigenvalue weighted by molar-refractivity contribution is -0.128. The summed E-state index contributed by atoms with van der Waals surface area (Å²) in [6.07, 6.45) is 5.35. The van der Waals surface area contributed by atoms with Crippen molar-refractivity contribution in [1.29, 1.82) is 0 Å². The Labute approximate surface area is 210 Å². The highest BCUT2D eigenvalue weighted by atomic mass is 16.2. The van der Waals surface area contributed by atoms with Gasteiger partial charge in [0.25, 0.3) is 5.91 Å². The minimum Gasteiger partial charge on any atom is -0.338 e. The van der Waals surface area contributed by atoms with E-state index < -0.39 is 0 Å². The van der Waals surface area contributed by atoms with Gasteiger partial charge >= 0.3 is 0 Å². The van der Waals surface area contributed by atoms with E-state index in [9.17, 15) is 9.59 Å². The maximum absolute atomic E-state index is 13.7. The molecular weight excluding hydrogens is 446 g/mol. The minimum absolute atomic E-state index is 0.125. The van der Waals surface area contributed by atoms with E-state index in [1.54, 1.807) is 0 Å². The molecule has 0 spiro atoms. The summed E-state index contributed by atoms with van der Waals surface area (Å²) in [5.74, 6) is 0.0721. The van der Waals surface area contributed by atoms with Crippen LogP contribution in [0.3, 0.4) is 0 Å². The van der Waals surface area contributed by atoms with Crippen molar-refractivity contribution in [3.05, 3.63) is 107 Å². The van der Waals surface area contributed by atoms with Crippen LogP contribution in [0.15, 0.2) is 78.9 Å². The number of pyridine rings is 1. The summed E-state index contributed by atoms with van der Waals surface area (Å²) in [4.78, 5) is 32.6. The first-order valence-corrected chi connectivity index (χ1v) is 12.5. The van der Waals surface area contributed by atoms with Crippen molar-refractivity contribution >= 4 is 40.1 Å². The fraction of sp³-hybridized carbons (Fsp3) is 0.194. The average Bonchev–Trinajstić information content (AvgIpc) is 3.48. The fourth-order valence-corrected chi connectivity index (χ4v) is 5.32. The summed E-state index contributed by atoms with van der Waals surface area (Å²) in [6.45, 7) is 1.37. The molecular formula is C31H27N3O2. The number of rotatable bonds is 5. The smallest absolute Gasteiger partial charge is 0.256 e. The van der Waals surface area contributed by atoms with Gasteiger partial charge in [0, 0.05) is 30.6 Å². The van der Waals surface area contributed by atoms with Crippen LogP contribution in [-0.2, 0) is 17.8 Å². The van der Waals surface area contributed by atoms with Crippen molar-refractivity contribution in [2.45, 2.75) is 32.2 Å². The molecule has 0 saturated carbocycles. The SMILES string of the molecule is O=C(Nc1cccc(CN2CCCC2=O)c1)c1c2c(nc3ccccc13)/C(=C/c1ccccc1)CC2. The lowest BCUT2D eigenvalue weighted by Crippen LogP contribution is -2.23. The quantitative estimate of drug-likeness (QED) is 0.381. The van der Waals surface area contributed by atoms with Gasteiger partial charge in [-0.1, -0.05) is 60.7 Å². The Morgan fingerprint density at radius 2 is 1.78 bits per heavy atom. The summed E-state index contributed by atoms with van der Waals surface area (Å²) in [6, 6.07) is 25.9. The van der Waals surface area contributed by atoms with Gasteiger partial charge in [0.1, 0.15) is 0 Å². The van der Waals surface area contributed by atoms with Crippen molar-refractivity contribution in [2.75, 3.05) is 11.9 Å².